The molecule has 0 atom stereocenters. The molecule has 1 aliphatic heterocycles. The number of benzene rings is 2. The summed E-state index contributed by atoms with van der Waals surface area (Å²) in [6.07, 6.45) is 1.67. The van der Waals surface area contributed by atoms with Crippen LogP contribution in [-0.2, 0) is 19.6 Å². The predicted molar refractivity (Wildman–Crippen MR) is 110 cm³/mol. The second-order valence-electron chi connectivity index (χ2n) is 6.57. The molecular formula is C20H18ClN3O5S. The molecule has 10 heteroatoms. The number of nitrogens with one attached hydrogen (secondary N) is 1. The first kappa shape index (κ1) is 21.8. The largest absolute Gasteiger partial charge is 0.452 e. The summed E-state index contributed by atoms with van der Waals surface area (Å²) in [6.45, 7) is 0.446. The van der Waals surface area contributed by atoms with Gasteiger partial charge in [-0.2, -0.15) is 9.57 Å². The fourth-order valence-corrected chi connectivity index (χ4v) is 4.68. The van der Waals surface area contributed by atoms with Gasteiger partial charge < -0.3 is 10.1 Å². The van der Waals surface area contributed by atoms with E-state index in [9.17, 15) is 18.0 Å². The number of rotatable bonds is 6. The van der Waals surface area contributed by atoms with Crippen LogP contribution in [0.4, 0.5) is 5.69 Å². The Balaban J connectivity index is 1.56. The smallest absolute Gasteiger partial charge is 0.338 e. The second-order valence-corrected chi connectivity index (χ2v) is 8.91. The highest BCUT2D eigenvalue weighted by Gasteiger charge is 2.27. The zero-order valence-corrected chi connectivity index (χ0v) is 17.4. The third-order valence-corrected chi connectivity index (χ3v) is 6.73. The Bertz CT molecular complexity index is 1100. The SMILES string of the molecule is N#Cc1ccc(NC(=O)COC(=O)c2ccc(S(=O)(=O)N3CCCC3)cc2)cc1Cl. The highest BCUT2D eigenvalue weighted by Crippen LogP contribution is 2.22. The molecule has 0 radical (unpaired) electrons. The number of halogens is 1. The van der Waals surface area contributed by atoms with Crippen LogP contribution in [0.3, 0.4) is 0 Å². The van der Waals surface area contributed by atoms with Crippen molar-refractivity contribution in [1.82, 2.24) is 4.31 Å². The zero-order valence-electron chi connectivity index (χ0n) is 15.8. The van der Waals surface area contributed by atoms with Crippen LogP contribution < -0.4 is 5.32 Å². The van der Waals surface area contributed by atoms with E-state index >= 15 is 0 Å². The molecule has 0 spiro atoms. The van der Waals surface area contributed by atoms with Gasteiger partial charge in [0.1, 0.15) is 6.07 Å². The summed E-state index contributed by atoms with van der Waals surface area (Å²) in [5, 5.41) is 11.5. The molecule has 2 aromatic rings. The molecule has 1 N–H and O–H groups in total. The van der Waals surface area contributed by atoms with Gasteiger partial charge >= 0.3 is 5.97 Å². The molecule has 30 heavy (non-hydrogen) atoms. The van der Waals surface area contributed by atoms with Gasteiger partial charge in [0.2, 0.25) is 10.0 Å². The highest BCUT2D eigenvalue weighted by atomic mass is 35.5. The van der Waals surface area contributed by atoms with Crippen molar-refractivity contribution in [3.8, 4) is 6.07 Å². The number of carbonyl (C=O) groups is 2. The Hall–Kier alpha value is -2.93. The molecule has 0 unspecified atom stereocenters. The van der Waals surface area contributed by atoms with Crippen LogP contribution in [0.1, 0.15) is 28.8 Å². The zero-order chi connectivity index (χ0) is 21.7. The van der Waals surface area contributed by atoms with Crippen molar-refractivity contribution < 1.29 is 22.7 Å². The number of carbonyl (C=O) groups excluding carboxylic acids is 2. The van der Waals surface area contributed by atoms with Crippen LogP contribution >= 0.6 is 11.6 Å². The molecule has 0 bridgehead atoms. The molecule has 1 amide bonds. The van der Waals surface area contributed by atoms with Crippen molar-refractivity contribution in [3.63, 3.8) is 0 Å². The Morgan fingerprint density at radius 2 is 1.80 bits per heavy atom. The maximum absolute atomic E-state index is 12.5. The fourth-order valence-electron chi connectivity index (χ4n) is 2.94. The molecule has 2 aromatic carbocycles. The van der Waals surface area contributed by atoms with Crippen LogP contribution in [0.25, 0.3) is 0 Å². The number of hydrogen-bond donors (Lipinski definition) is 1. The monoisotopic (exact) mass is 447 g/mol. The van der Waals surface area contributed by atoms with Crippen molar-refractivity contribution in [3.05, 3.63) is 58.6 Å². The van der Waals surface area contributed by atoms with Crippen molar-refractivity contribution in [1.29, 1.82) is 5.26 Å². The second kappa shape index (κ2) is 9.26. The molecular weight excluding hydrogens is 430 g/mol. The van der Waals surface area contributed by atoms with E-state index in [0.29, 0.717) is 18.8 Å². The molecule has 0 aromatic heterocycles. The van der Waals surface area contributed by atoms with Gasteiger partial charge in [0.25, 0.3) is 5.91 Å². The average Bonchev–Trinajstić information content (AvgIpc) is 3.28. The summed E-state index contributed by atoms with van der Waals surface area (Å²) in [5.41, 5.74) is 0.761. The molecule has 1 aliphatic rings. The van der Waals surface area contributed by atoms with Crippen molar-refractivity contribution in [2.45, 2.75) is 17.7 Å². The van der Waals surface area contributed by atoms with Gasteiger partial charge in [-0.1, -0.05) is 11.6 Å². The first-order valence-corrected chi connectivity index (χ1v) is 10.9. The lowest BCUT2D eigenvalue weighted by Gasteiger charge is -2.15. The standard InChI is InChI=1S/C20H18ClN3O5S/c21-18-11-16(6-3-15(18)12-22)23-19(25)13-29-20(26)14-4-7-17(8-5-14)30(27,28)24-9-1-2-10-24/h3-8,11H,1-2,9-10,13H2,(H,23,25). The Kier molecular flexibility index (Phi) is 6.72. The lowest BCUT2D eigenvalue weighted by atomic mass is 10.2. The van der Waals surface area contributed by atoms with Gasteiger partial charge in [0, 0.05) is 18.8 Å². The average molecular weight is 448 g/mol. The van der Waals surface area contributed by atoms with Crippen LogP contribution in [0.15, 0.2) is 47.4 Å². The Morgan fingerprint density at radius 1 is 1.13 bits per heavy atom. The quantitative estimate of drug-likeness (QED) is 0.680. The van der Waals surface area contributed by atoms with E-state index < -0.39 is 28.5 Å². The minimum absolute atomic E-state index is 0.108. The summed E-state index contributed by atoms with van der Waals surface area (Å²) >= 11 is 5.90. The normalized spacial score (nSPS) is 14.1. The van der Waals surface area contributed by atoms with Crippen LogP contribution in [0.5, 0.6) is 0 Å². The summed E-state index contributed by atoms with van der Waals surface area (Å²) in [6, 6.07) is 11.7. The molecule has 0 aliphatic carbocycles. The van der Waals surface area contributed by atoms with E-state index in [-0.39, 0.29) is 21.0 Å². The van der Waals surface area contributed by atoms with Crippen LogP contribution in [0.2, 0.25) is 5.02 Å². The molecule has 1 fully saturated rings. The molecule has 0 saturated carbocycles. The van der Waals surface area contributed by atoms with E-state index in [1.807, 2.05) is 6.07 Å². The minimum atomic E-state index is -3.56. The van der Waals surface area contributed by atoms with E-state index in [4.69, 9.17) is 21.6 Å². The molecule has 156 valence electrons. The lowest BCUT2D eigenvalue weighted by Crippen LogP contribution is -2.27. The van der Waals surface area contributed by atoms with Crippen molar-refractivity contribution >= 4 is 39.2 Å². The van der Waals surface area contributed by atoms with Gasteiger partial charge in [0.05, 0.1) is 21.0 Å². The number of ether oxygens (including phenoxy) is 1. The van der Waals surface area contributed by atoms with E-state index in [1.165, 1.54) is 46.8 Å². The number of anilines is 1. The number of sulfonamides is 1. The first-order chi connectivity index (χ1) is 14.3. The summed E-state index contributed by atoms with van der Waals surface area (Å²) < 4.78 is 31.4. The van der Waals surface area contributed by atoms with E-state index in [0.717, 1.165) is 12.8 Å². The van der Waals surface area contributed by atoms with Gasteiger partial charge in [0.15, 0.2) is 6.61 Å². The molecule has 1 saturated heterocycles. The Morgan fingerprint density at radius 3 is 2.40 bits per heavy atom. The minimum Gasteiger partial charge on any atom is -0.452 e. The molecule has 8 nitrogen and oxygen atoms in total. The third-order valence-electron chi connectivity index (χ3n) is 4.50. The third kappa shape index (κ3) is 4.97. The first-order valence-electron chi connectivity index (χ1n) is 9.08. The number of amides is 1. The summed E-state index contributed by atoms with van der Waals surface area (Å²) in [5.74, 6) is -1.34. The maximum Gasteiger partial charge on any atom is 0.338 e. The highest BCUT2D eigenvalue weighted by molar-refractivity contribution is 7.89. The topological polar surface area (TPSA) is 117 Å². The fraction of sp³-hybridized carbons (Fsp3) is 0.250. The number of nitriles is 1. The van der Waals surface area contributed by atoms with Gasteiger partial charge in [-0.15, -0.1) is 0 Å². The van der Waals surface area contributed by atoms with Crippen LogP contribution in [0, 0.1) is 11.3 Å². The van der Waals surface area contributed by atoms with Gasteiger partial charge in [-0.3, -0.25) is 4.79 Å². The van der Waals surface area contributed by atoms with Crippen molar-refractivity contribution in [2.24, 2.45) is 0 Å². The van der Waals surface area contributed by atoms with Crippen LogP contribution in [-0.4, -0.2) is 44.3 Å². The molecule has 3 rings (SSSR count). The summed E-state index contributed by atoms with van der Waals surface area (Å²) in [4.78, 5) is 24.2. The number of esters is 1. The molecule has 1 heterocycles. The Labute approximate surface area is 179 Å². The lowest BCUT2D eigenvalue weighted by molar-refractivity contribution is -0.119. The number of nitrogens with zero attached hydrogens (tertiary/aromatic N) is 2. The van der Waals surface area contributed by atoms with E-state index in [1.54, 1.807) is 0 Å². The maximum atomic E-state index is 12.5. The van der Waals surface area contributed by atoms with Gasteiger partial charge in [-0.05, 0) is 55.3 Å². The predicted octanol–water partition coefficient (Wildman–Crippen LogP) is 2.79. The number of hydrogen-bond acceptors (Lipinski definition) is 6. The summed E-state index contributed by atoms with van der Waals surface area (Å²) in [7, 11) is -3.56. The van der Waals surface area contributed by atoms with E-state index in [2.05, 4.69) is 5.32 Å². The van der Waals surface area contributed by atoms with Gasteiger partial charge in [-0.25, -0.2) is 13.2 Å². The van der Waals surface area contributed by atoms with Crippen molar-refractivity contribution in [2.75, 3.05) is 25.0 Å².